The number of carbonyl (C=O) groups is 1. The molecule has 0 unspecified atom stereocenters. The lowest BCUT2D eigenvalue weighted by Gasteiger charge is -2.15. The van der Waals surface area contributed by atoms with Crippen molar-refractivity contribution in [3.63, 3.8) is 0 Å². The van der Waals surface area contributed by atoms with Crippen molar-refractivity contribution in [2.24, 2.45) is 0 Å². The SMILES string of the molecule is Cc1ccc([N+](=O)[O-])cc1NC(=O)CSc1nnc(-c2ccc([N+](=O)[O-])cc2)n1C[C@@H]1CCCO1. The van der Waals surface area contributed by atoms with Gasteiger partial charge < -0.3 is 10.1 Å². The van der Waals surface area contributed by atoms with Gasteiger partial charge >= 0.3 is 0 Å². The highest BCUT2D eigenvalue weighted by Gasteiger charge is 2.23. The molecule has 0 aliphatic carbocycles. The van der Waals surface area contributed by atoms with Crippen LogP contribution in [0.25, 0.3) is 11.4 Å². The maximum atomic E-state index is 12.6. The molecule has 0 bridgehead atoms. The first kappa shape index (κ1) is 24.3. The van der Waals surface area contributed by atoms with Crippen LogP contribution < -0.4 is 5.32 Å². The first-order valence-electron chi connectivity index (χ1n) is 10.8. The van der Waals surface area contributed by atoms with E-state index >= 15 is 0 Å². The highest BCUT2D eigenvalue weighted by Crippen LogP contribution is 2.28. The van der Waals surface area contributed by atoms with Gasteiger partial charge in [0, 0.05) is 36.4 Å². The molecule has 1 atom stereocenters. The minimum atomic E-state index is -0.517. The lowest BCUT2D eigenvalue weighted by Crippen LogP contribution is -2.18. The smallest absolute Gasteiger partial charge is 0.271 e. The van der Waals surface area contributed by atoms with Gasteiger partial charge in [-0.05, 0) is 37.5 Å². The molecular weight excluding hydrogens is 476 g/mol. The van der Waals surface area contributed by atoms with Gasteiger partial charge in [0.25, 0.3) is 11.4 Å². The zero-order valence-electron chi connectivity index (χ0n) is 18.7. The topological polar surface area (TPSA) is 155 Å². The maximum Gasteiger partial charge on any atom is 0.271 e. The maximum absolute atomic E-state index is 12.6. The van der Waals surface area contributed by atoms with Gasteiger partial charge in [-0.1, -0.05) is 17.8 Å². The molecule has 1 aliphatic rings. The molecule has 1 saturated heterocycles. The number of non-ortho nitro benzene ring substituents is 2. The summed E-state index contributed by atoms with van der Waals surface area (Å²) in [4.78, 5) is 33.6. The summed E-state index contributed by atoms with van der Waals surface area (Å²) < 4.78 is 7.62. The molecule has 1 amide bonds. The second-order valence-corrected chi connectivity index (χ2v) is 8.89. The second kappa shape index (κ2) is 10.6. The molecule has 2 heterocycles. The molecule has 182 valence electrons. The fraction of sp³-hybridized carbons (Fsp3) is 0.318. The predicted octanol–water partition coefficient (Wildman–Crippen LogP) is 3.98. The molecule has 4 rings (SSSR count). The number of anilines is 1. The van der Waals surface area contributed by atoms with Crippen LogP contribution >= 0.6 is 11.8 Å². The first-order chi connectivity index (χ1) is 16.8. The molecule has 0 spiro atoms. The molecule has 12 nitrogen and oxygen atoms in total. The van der Waals surface area contributed by atoms with Gasteiger partial charge in [-0.2, -0.15) is 0 Å². The summed E-state index contributed by atoms with van der Waals surface area (Å²) in [5.41, 5.74) is 1.60. The number of nitrogens with one attached hydrogen (secondary N) is 1. The largest absolute Gasteiger partial charge is 0.376 e. The number of aromatic nitrogens is 3. The number of aryl methyl sites for hydroxylation is 1. The van der Waals surface area contributed by atoms with Crippen LogP contribution in [0.2, 0.25) is 0 Å². The van der Waals surface area contributed by atoms with Gasteiger partial charge in [-0.25, -0.2) is 0 Å². The molecule has 0 radical (unpaired) electrons. The van der Waals surface area contributed by atoms with E-state index in [-0.39, 0.29) is 29.1 Å². The van der Waals surface area contributed by atoms with Crippen molar-refractivity contribution in [1.82, 2.24) is 14.8 Å². The third-order valence-electron chi connectivity index (χ3n) is 5.50. The van der Waals surface area contributed by atoms with Crippen LogP contribution in [0.5, 0.6) is 0 Å². The summed E-state index contributed by atoms with van der Waals surface area (Å²) in [5, 5.41) is 33.7. The van der Waals surface area contributed by atoms with Gasteiger partial charge in [0.1, 0.15) is 0 Å². The molecule has 3 aromatic rings. The van der Waals surface area contributed by atoms with E-state index in [0.717, 1.165) is 12.8 Å². The lowest BCUT2D eigenvalue weighted by molar-refractivity contribution is -0.385. The molecule has 2 aromatic carbocycles. The van der Waals surface area contributed by atoms with Gasteiger partial charge in [-0.15, -0.1) is 10.2 Å². The van der Waals surface area contributed by atoms with Gasteiger partial charge in [0.05, 0.1) is 33.9 Å². The Balaban J connectivity index is 1.52. The number of nitrogens with zero attached hydrogens (tertiary/aromatic N) is 5. The van der Waals surface area contributed by atoms with E-state index in [2.05, 4.69) is 15.5 Å². The van der Waals surface area contributed by atoms with E-state index in [1.807, 2.05) is 4.57 Å². The summed E-state index contributed by atoms with van der Waals surface area (Å²) in [6.45, 7) is 2.90. The lowest BCUT2D eigenvalue weighted by atomic mass is 10.2. The van der Waals surface area contributed by atoms with Crippen molar-refractivity contribution >= 4 is 34.7 Å². The summed E-state index contributed by atoms with van der Waals surface area (Å²) in [6, 6.07) is 10.3. The van der Waals surface area contributed by atoms with Crippen molar-refractivity contribution < 1.29 is 19.4 Å². The zero-order chi connectivity index (χ0) is 24.9. The molecule has 1 fully saturated rings. The van der Waals surface area contributed by atoms with Crippen LogP contribution in [0, 0.1) is 27.2 Å². The molecule has 35 heavy (non-hydrogen) atoms. The zero-order valence-corrected chi connectivity index (χ0v) is 19.6. The normalized spacial score (nSPS) is 15.2. The Labute approximate surface area is 204 Å². The van der Waals surface area contributed by atoms with Crippen LogP contribution in [0.15, 0.2) is 47.6 Å². The molecule has 0 saturated carbocycles. The second-order valence-electron chi connectivity index (χ2n) is 7.95. The quantitative estimate of drug-likeness (QED) is 0.262. The Bertz CT molecular complexity index is 1260. The standard InChI is InChI=1S/C22H22N6O6S/c1-14-4-7-17(28(32)33)11-19(14)23-20(29)13-35-22-25-24-21(26(22)12-18-3-2-10-34-18)15-5-8-16(9-6-15)27(30)31/h4-9,11,18H,2-3,10,12-13H2,1H3,(H,23,29)/t18-/m0/s1. The molecule has 13 heteroatoms. The fourth-order valence-electron chi connectivity index (χ4n) is 3.67. The number of carbonyl (C=O) groups excluding carboxylic acids is 1. The molecule has 1 N–H and O–H groups in total. The molecule has 1 aliphatic heterocycles. The number of hydrogen-bond acceptors (Lipinski definition) is 9. The van der Waals surface area contributed by atoms with Crippen LogP contribution in [-0.2, 0) is 16.1 Å². The summed E-state index contributed by atoms with van der Waals surface area (Å²) in [5.74, 6) is 0.182. The van der Waals surface area contributed by atoms with E-state index in [0.29, 0.717) is 40.9 Å². The summed E-state index contributed by atoms with van der Waals surface area (Å²) in [7, 11) is 0. The van der Waals surface area contributed by atoms with E-state index in [1.54, 1.807) is 25.1 Å². The van der Waals surface area contributed by atoms with E-state index in [1.165, 1.54) is 36.0 Å². The van der Waals surface area contributed by atoms with Crippen molar-refractivity contribution in [2.75, 3.05) is 17.7 Å². The van der Waals surface area contributed by atoms with Crippen molar-refractivity contribution in [3.8, 4) is 11.4 Å². The van der Waals surface area contributed by atoms with Gasteiger partial charge in [-0.3, -0.25) is 29.6 Å². The average molecular weight is 499 g/mol. The predicted molar refractivity (Wildman–Crippen MR) is 128 cm³/mol. The summed E-state index contributed by atoms with van der Waals surface area (Å²) in [6.07, 6.45) is 1.81. The monoisotopic (exact) mass is 498 g/mol. The number of ether oxygens (including phenoxy) is 1. The minimum absolute atomic E-state index is 0.00600. The van der Waals surface area contributed by atoms with E-state index < -0.39 is 9.85 Å². The van der Waals surface area contributed by atoms with E-state index in [9.17, 15) is 25.0 Å². The van der Waals surface area contributed by atoms with E-state index in [4.69, 9.17) is 4.74 Å². The Kier molecular flexibility index (Phi) is 7.36. The highest BCUT2D eigenvalue weighted by atomic mass is 32.2. The van der Waals surface area contributed by atoms with Crippen molar-refractivity contribution in [2.45, 2.75) is 37.6 Å². The highest BCUT2D eigenvalue weighted by molar-refractivity contribution is 7.99. The Hall–Kier alpha value is -3.84. The van der Waals surface area contributed by atoms with Crippen molar-refractivity contribution in [3.05, 3.63) is 68.3 Å². The third kappa shape index (κ3) is 5.81. The van der Waals surface area contributed by atoms with Gasteiger partial charge in [0.15, 0.2) is 11.0 Å². The Morgan fingerprint density at radius 2 is 1.86 bits per heavy atom. The molecule has 1 aromatic heterocycles. The third-order valence-corrected chi connectivity index (χ3v) is 6.47. The fourth-order valence-corrected chi connectivity index (χ4v) is 4.42. The van der Waals surface area contributed by atoms with Crippen LogP contribution in [-0.4, -0.2) is 49.0 Å². The van der Waals surface area contributed by atoms with Crippen LogP contribution in [0.4, 0.5) is 17.1 Å². The Morgan fingerprint density at radius 3 is 2.51 bits per heavy atom. The van der Waals surface area contributed by atoms with Crippen molar-refractivity contribution in [1.29, 1.82) is 0 Å². The minimum Gasteiger partial charge on any atom is -0.376 e. The number of nitro benzene ring substituents is 2. The number of nitro groups is 2. The number of hydrogen-bond donors (Lipinski definition) is 1. The first-order valence-corrected chi connectivity index (χ1v) is 11.8. The van der Waals surface area contributed by atoms with Crippen LogP contribution in [0.3, 0.4) is 0 Å². The van der Waals surface area contributed by atoms with Gasteiger partial charge in [0.2, 0.25) is 5.91 Å². The number of benzene rings is 2. The summed E-state index contributed by atoms with van der Waals surface area (Å²) >= 11 is 1.18. The number of amides is 1. The molecular formula is C22H22N6O6S. The van der Waals surface area contributed by atoms with Crippen LogP contribution in [0.1, 0.15) is 18.4 Å². The number of rotatable bonds is 9. The Morgan fingerprint density at radius 1 is 1.14 bits per heavy atom. The average Bonchev–Trinajstić information content (AvgIpc) is 3.49. The number of thioether (sulfide) groups is 1.